The maximum atomic E-state index is 13.2. The summed E-state index contributed by atoms with van der Waals surface area (Å²) in [6, 6.07) is 0. The Morgan fingerprint density at radius 2 is 1.68 bits per heavy atom. The largest absolute Gasteiger partial charge is 0.465 e. The molecule has 0 aromatic rings. The van der Waals surface area contributed by atoms with E-state index in [9.17, 15) is 19.2 Å². The highest BCUT2D eigenvalue weighted by Crippen LogP contribution is 2.60. The molecule has 3 saturated heterocycles. The number of cyclic esters (lactones) is 2. The van der Waals surface area contributed by atoms with Crippen LogP contribution in [0.25, 0.3) is 0 Å². The van der Waals surface area contributed by atoms with Crippen molar-refractivity contribution < 1.29 is 43.2 Å². The topological polar surface area (TPSA) is 125 Å². The van der Waals surface area contributed by atoms with Crippen molar-refractivity contribution in [2.24, 2.45) is 59.2 Å². The lowest BCUT2D eigenvalue weighted by molar-refractivity contribution is -0.163. The van der Waals surface area contributed by atoms with Crippen molar-refractivity contribution in [3.63, 3.8) is 0 Å². The number of fused-ring (bicyclic) bond motifs is 4. The predicted molar refractivity (Wildman–Crippen MR) is 147 cm³/mol. The number of hydrogen-bond donors (Lipinski definition) is 1. The molecule has 5 rings (SSSR count). The first-order chi connectivity index (χ1) is 19.4. The van der Waals surface area contributed by atoms with E-state index in [0.717, 1.165) is 32.1 Å². The van der Waals surface area contributed by atoms with Crippen molar-refractivity contribution in [3.05, 3.63) is 0 Å². The Bertz CT molecular complexity index is 1020. The van der Waals surface area contributed by atoms with Gasteiger partial charge < -0.3 is 24.1 Å². The van der Waals surface area contributed by atoms with E-state index < -0.39 is 29.4 Å². The molecule has 5 aliphatic rings. The van der Waals surface area contributed by atoms with Gasteiger partial charge in [-0.25, -0.2) is 0 Å². The maximum Gasteiger partial charge on any atom is 0.317 e. The molecule has 1 N–H and O–H groups in total. The molecule has 2 aliphatic carbocycles. The molecule has 9 heteroatoms. The van der Waals surface area contributed by atoms with Gasteiger partial charge >= 0.3 is 23.9 Å². The van der Waals surface area contributed by atoms with E-state index in [0.29, 0.717) is 37.0 Å². The summed E-state index contributed by atoms with van der Waals surface area (Å²) in [5, 5.41) is 9.04. The van der Waals surface area contributed by atoms with Gasteiger partial charge in [0.15, 0.2) is 0 Å². The molecule has 3 aliphatic heterocycles. The van der Waals surface area contributed by atoms with E-state index in [1.807, 2.05) is 20.8 Å². The van der Waals surface area contributed by atoms with Crippen molar-refractivity contribution >= 4 is 23.9 Å². The zero-order valence-electron chi connectivity index (χ0n) is 25.2. The first-order valence-corrected chi connectivity index (χ1v) is 15.8. The van der Waals surface area contributed by atoms with Gasteiger partial charge in [-0.2, -0.15) is 0 Å². The summed E-state index contributed by atoms with van der Waals surface area (Å²) in [6.45, 7) is 9.83. The van der Waals surface area contributed by atoms with E-state index in [-0.39, 0.29) is 66.9 Å². The van der Waals surface area contributed by atoms with Gasteiger partial charge in [0.05, 0.1) is 42.5 Å². The highest BCUT2D eigenvalue weighted by Gasteiger charge is 2.59. The second-order valence-corrected chi connectivity index (χ2v) is 14.3. The fourth-order valence-corrected chi connectivity index (χ4v) is 9.11. The standard InChI is InChI=1S/C32H48O9/c1-6-18-20(27-25(15-26(18)39-27)29(35)38-11-7-10-33)9-8-19-17-12-22(24(13-17)31(37)41-32(3,4)5)23(19)14-21-16(2)28(34)40-30(21)36/h16-27,33H,6-15H2,1-5H3. The zero-order chi connectivity index (χ0) is 29.6. The van der Waals surface area contributed by atoms with Crippen LogP contribution < -0.4 is 0 Å². The summed E-state index contributed by atoms with van der Waals surface area (Å²) in [4.78, 5) is 50.8. The average Bonchev–Trinajstić information content (AvgIpc) is 3.70. The molecule has 2 saturated carbocycles. The number of esters is 4. The summed E-state index contributed by atoms with van der Waals surface area (Å²) < 4.78 is 22.6. The van der Waals surface area contributed by atoms with Gasteiger partial charge in [-0.15, -0.1) is 0 Å². The lowest BCUT2D eigenvalue weighted by atomic mass is 9.65. The molecule has 4 bridgehead atoms. The first kappa shape index (κ1) is 30.5. The van der Waals surface area contributed by atoms with Crippen molar-refractivity contribution in [2.45, 2.75) is 104 Å². The SMILES string of the molecule is CCC1C2CC(C(=O)OCCCO)C(O2)C1CCC1C2CC(C(=O)OC(C)(C)C)C(C2)C1CC1C(=O)OC(=O)C1C. The highest BCUT2D eigenvalue weighted by atomic mass is 16.6. The van der Waals surface area contributed by atoms with E-state index in [1.54, 1.807) is 6.92 Å². The summed E-state index contributed by atoms with van der Waals surface area (Å²) in [7, 11) is 0. The minimum absolute atomic E-state index is 0.00789. The molecule has 0 amide bonds. The van der Waals surface area contributed by atoms with Crippen molar-refractivity contribution in [1.82, 2.24) is 0 Å². The maximum absolute atomic E-state index is 13.2. The number of carbonyl (C=O) groups is 4. The number of aliphatic hydroxyl groups is 1. The van der Waals surface area contributed by atoms with E-state index in [4.69, 9.17) is 24.1 Å². The molecule has 12 atom stereocenters. The number of carbonyl (C=O) groups excluding carboxylic acids is 4. The molecule has 3 heterocycles. The van der Waals surface area contributed by atoms with Crippen LogP contribution in [0.4, 0.5) is 0 Å². The zero-order valence-corrected chi connectivity index (χ0v) is 25.2. The van der Waals surface area contributed by atoms with Crippen LogP contribution >= 0.6 is 0 Å². The van der Waals surface area contributed by atoms with Crippen molar-refractivity contribution in [1.29, 1.82) is 0 Å². The Hall–Kier alpha value is -2.00. The molecule has 12 unspecified atom stereocenters. The Morgan fingerprint density at radius 3 is 2.32 bits per heavy atom. The number of hydrogen-bond acceptors (Lipinski definition) is 9. The van der Waals surface area contributed by atoms with Crippen LogP contribution in [-0.2, 0) is 38.1 Å². The molecule has 0 spiro atoms. The van der Waals surface area contributed by atoms with Gasteiger partial charge in [-0.05, 0) is 94.8 Å². The lowest BCUT2D eigenvalue weighted by Gasteiger charge is -2.38. The Kier molecular flexibility index (Phi) is 8.87. The lowest BCUT2D eigenvalue weighted by Crippen LogP contribution is -2.40. The predicted octanol–water partition coefficient (Wildman–Crippen LogP) is 4.08. The number of rotatable bonds is 11. The van der Waals surface area contributed by atoms with Gasteiger partial charge in [-0.3, -0.25) is 19.2 Å². The average molecular weight is 577 g/mol. The van der Waals surface area contributed by atoms with Gasteiger partial charge in [0.1, 0.15) is 5.60 Å². The van der Waals surface area contributed by atoms with Crippen LogP contribution in [-0.4, -0.2) is 60.0 Å². The second-order valence-electron chi connectivity index (χ2n) is 14.3. The second kappa shape index (κ2) is 11.9. The van der Waals surface area contributed by atoms with Crippen molar-refractivity contribution in [2.75, 3.05) is 13.2 Å². The third-order valence-corrected chi connectivity index (χ3v) is 10.9. The van der Waals surface area contributed by atoms with Gasteiger partial charge in [0.25, 0.3) is 0 Å². The third-order valence-electron chi connectivity index (χ3n) is 10.9. The van der Waals surface area contributed by atoms with E-state index in [1.165, 1.54) is 0 Å². The van der Waals surface area contributed by atoms with Crippen LogP contribution in [0.2, 0.25) is 0 Å². The molecule has 0 radical (unpaired) electrons. The van der Waals surface area contributed by atoms with Crippen molar-refractivity contribution in [3.8, 4) is 0 Å². The van der Waals surface area contributed by atoms with Gasteiger partial charge in [0, 0.05) is 13.0 Å². The Labute approximate surface area is 243 Å². The van der Waals surface area contributed by atoms with E-state index >= 15 is 0 Å². The molecular weight excluding hydrogens is 528 g/mol. The minimum Gasteiger partial charge on any atom is -0.465 e. The van der Waals surface area contributed by atoms with E-state index in [2.05, 4.69) is 6.92 Å². The first-order valence-electron chi connectivity index (χ1n) is 15.8. The summed E-state index contributed by atoms with van der Waals surface area (Å²) in [6.07, 6.45) is 6.20. The molecule has 9 nitrogen and oxygen atoms in total. The molecule has 41 heavy (non-hydrogen) atoms. The van der Waals surface area contributed by atoms with Crippen LogP contribution in [0, 0.1) is 59.2 Å². The van der Waals surface area contributed by atoms with Crippen LogP contribution in [0.15, 0.2) is 0 Å². The minimum atomic E-state index is -0.559. The molecule has 230 valence electrons. The normalized spacial score (nSPS) is 41.2. The molecule has 0 aromatic carbocycles. The summed E-state index contributed by atoms with van der Waals surface area (Å²) >= 11 is 0. The number of aliphatic hydroxyl groups excluding tert-OH is 1. The smallest absolute Gasteiger partial charge is 0.317 e. The quantitative estimate of drug-likeness (QED) is 0.168. The number of ether oxygens (including phenoxy) is 4. The van der Waals surface area contributed by atoms with Gasteiger partial charge in [0.2, 0.25) is 0 Å². The Balaban J connectivity index is 1.30. The van der Waals surface area contributed by atoms with Crippen LogP contribution in [0.5, 0.6) is 0 Å². The van der Waals surface area contributed by atoms with Gasteiger partial charge in [-0.1, -0.05) is 20.3 Å². The molecule has 5 fully saturated rings. The van der Waals surface area contributed by atoms with Crippen LogP contribution in [0.3, 0.4) is 0 Å². The third kappa shape index (κ3) is 5.95. The molecule has 0 aromatic heterocycles. The summed E-state index contributed by atoms with van der Waals surface area (Å²) in [5.74, 6) is -1.03. The summed E-state index contributed by atoms with van der Waals surface area (Å²) in [5.41, 5.74) is -0.559. The fraction of sp³-hybridized carbons (Fsp3) is 0.875. The van der Waals surface area contributed by atoms with Crippen LogP contribution in [0.1, 0.15) is 86.0 Å². The Morgan fingerprint density at radius 1 is 0.951 bits per heavy atom. The fourth-order valence-electron chi connectivity index (χ4n) is 9.11. The highest BCUT2D eigenvalue weighted by molar-refractivity contribution is 5.96. The molecular formula is C32H48O9. The monoisotopic (exact) mass is 576 g/mol.